The van der Waals surface area contributed by atoms with Crippen LogP contribution in [0.5, 0.6) is 0 Å². The largest absolute Gasteiger partial charge is 0.382 e. The molecule has 0 spiro atoms. The molecule has 7 heteroatoms. The lowest BCUT2D eigenvalue weighted by Crippen LogP contribution is -2.39. The fourth-order valence-corrected chi connectivity index (χ4v) is 2.66. The number of nitrogens with zero attached hydrogens (tertiary/aromatic N) is 2. The van der Waals surface area contributed by atoms with Crippen molar-refractivity contribution in [3.8, 4) is 0 Å². The maximum atomic E-state index is 12.5. The van der Waals surface area contributed by atoms with Crippen molar-refractivity contribution in [1.29, 1.82) is 0 Å². The summed E-state index contributed by atoms with van der Waals surface area (Å²) in [5.74, 6) is -0.0794. The van der Waals surface area contributed by atoms with Gasteiger partial charge in [-0.1, -0.05) is 11.6 Å². The van der Waals surface area contributed by atoms with Crippen LogP contribution >= 0.6 is 11.6 Å². The molecule has 132 valence electrons. The zero-order valence-corrected chi connectivity index (χ0v) is 14.6. The van der Waals surface area contributed by atoms with Crippen LogP contribution in [0.1, 0.15) is 16.8 Å². The molecule has 0 unspecified atom stereocenters. The second kappa shape index (κ2) is 9.61. The highest BCUT2D eigenvalue weighted by Crippen LogP contribution is 2.13. The monoisotopic (exact) mass is 354 g/mol. The van der Waals surface area contributed by atoms with Crippen molar-refractivity contribution in [2.24, 2.45) is 0 Å². The van der Waals surface area contributed by atoms with Gasteiger partial charge in [-0.15, -0.1) is 0 Å². The van der Waals surface area contributed by atoms with Gasteiger partial charge < -0.3 is 19.3 Å². The van der Waals surface area contributed by atoms with E-state index in [0.717, 1.165) is 6.42 Å². The summed E-state index contributed by atoms with van der Waals surface area (Å²) in [7, 11) is 1.59. The van der Waals surface area contributed by atoms with Crippen LogP contribution in [-0.2, 0) is 14.3 Å². The first-order chi connectivity index (χ1) is 11.6. The number of halogens is 1. The minimum atomic E-state index is -0.0492. The first kappa shape index (κ1) is 18.7. The van der Waals surface area contributed by atoms with Crippen molar-refractivity contribution in [3.05, 3.63) is 34.9 Å². The Hall–Kier alpha value is -1.63. The summed E-state index contributed by atoms with van der Waals surface area (Å²) >= 11 is 5.85. The molecule has 2 rings (SSSR count). The zero-order valence-electron chi connectivity index (χ0n) is 13.9. The van der Waals surface area contributed by atoms with Gasteiger partial charge in [0, 0.05) is 43.9 Å². The Morgan fingerprint density at radius 2 is 1.71 bits per heavy atom. The van der Waals surface area contributed by atoms with Crippen LogP contribution < -0.4 is 0 Å². The molecule has 6 nitrogen and oxygen atoms in total. The van der Waals surface area contributed by atoms with E-state index in [0.29, 0.717) is 50.0 Å². The van der Waals surface area contributed by atoms with Crippen LogP contribution in [0.15, 0.2) is 24.3 Å². The molecule has 1 aromatic rings. The van der Waals surface area contributed by atoms with E-state index in [1.807, 2.05) is 0 Å². The Labute approximate surface area is 147 Å². The van der Waals surface area contributed by atoms with Gasteiger partial charge in [0.1, 0.15) is 6.61 Å². The topological polar surface area (TPSA) is 59.1 Å². The average Bonchev–Trinajstić information content (AvgIpc) is 2.85. The molecule has 0 radical (unpaired) electrons. The number of hydrogen-bond donors (Lipinski definition) is 0. The van der Waals surface area contributed by atoms with Crippen molar-refractivity contribution >= 4 is 23.4 Å². The highest BCUT2D eigenvalue weighted by Gasteiger charge is 2.22. The molecule has 1 saturated heterocycles. The molecule has 0 aromatic heterocycles. The van der Waals surface area contributed by atoms with E-state index in [9.17, 15) is 9.59 Å². The summed E-state index contributed by atoms with van der Waals surface area (Å²) in [6.45, 7) is 3.23. The maximum Gasteiger partial charge on any atom is 0.253 e. The van der Waals surface area contributed by atoms with Gasteiger partial charge in [0.05, 0.1) is 13.2 Å². The Bertz CT molecular complexity index is 550. The van der Waals surface area contributed by atoms with Gasteiger partial charge in [-0.2, -0.15) is 0 Å². The van der Waals surface area contributed by atoms with Crippen molar-refractivity contribution in [1.82, 2.24) is 9.80 Å². The van der Waals surface area contributed by atoms with E-state index >= 15 is 0 Å². The maximum absolute atomic E-state index is 12.5. The lowest BCUT2D eigenvalue weighted by atomic mass is 10.2. The number of benzene rings is 1. The Morgan fingerprint density at radius 3 is 2.42 bits per heavy atom. The van der Waals surface area contributed by atoms with E-state index in [2.05, 4.69) is 0 Å². The van der Waals surface area contributed by atoms with E-state index in [-0.39, 0.29) is 18.4 Å². The van der Waals surface area contributed by atoms with Gasteiger partial charge in [-0.3, -0.25) is 9.59 Å². The SMILES string of the molecule is COCCOCC(=O)N1CCCN(C(=O)c2ccc(Cl)cc2)CC1. The van der Waals surface area contributed by atoms with Crippen LogP contribution in [0, 0.1) is 0 Å². The third-order valence-corrected chi connectivity index (χ3v) is 4.14. The number of carbonyl (C=O) groups is 2. The quantitative estimate of drug-likeness (QED) is 0.729. The van der Waals surface area contributed by atoms with Crippen LogP contribution in [0.25, 0.3) is 0 Å². The van der Waals surface area contributed by atoms with Gasteiger partial charge in [0.2, 0.25) is 5.91 Å². The van der Waals surface area contributed by atoms with Crippen molar-refractivity contribution < 1.29 is 19.1 Å². The molecular formula is C17H23ClN2O4. The molecule has 0 N–H and O–H groups in total. The third-order valence-electron chi connectivity index (χ3n) is 3.88. The number of carbonyl (C=O) groups excluding carboxylic acids is 2. The zero-order chi connectivity index (χ0) is 17.4. The van der Waals surface area contributed by atoms with Crippen LogP contribution in [-0.4, -0.2) is 74.7 Å². The summed E-state index contributed by atoms with van der Waals surface area (Å²) in [5.41, 5.74) is 0.613. The number of methoxy groups -OCH3 is 1. The Morgan fingerprint density at radius 1 is 1.04 bits per heavy atom. The summed E-state index contributed by atoms with van der Waals surface area (Å²) in [6, 6.07) is 6.86. The minimum Gasteiger partial charge on any atom is -0.382 e. The fourth-order valence-electron chi connectivity index (χ4n) is 2.54. The molecule has 1 aliphatic rings. The summed E-state index contributed by atoms with van der Waals surface area (Å²) in [5, 5.41) is 0.604. The second-order valence-electron chi connectivity index (χ2n) is 5.58. The molecule has 1 heterocycles. The van der Waals surface area contributed by atoms with Crippen LogP contribution in [0.3, 0.4) is 0 Å². The molecule has 0 saturated carbocycles. The van der Waals surface area contributed by atoms with Crippen molar-refractivity contribution in [3.63, 3.8) is 0 Å². The number of rotatable bonds is 6. The van der Waals surface area contributed by atoms with E-state index < -0.39 is 0 Å². The third kappa shape index (κ3) is 5.47. The lowest BCUT2D eigenvalue weighted by Gasteiger charge is -2.22. The number of hydrogen-bond acceptors (Lipinski definition) is 4. The predicted octanol–water partition coefficient (Wildman–Crippen LogP) is 1.68. The molecule has 0 bridgehead atoms. The Balaban J connectivity index is 1.84. The highest BCUT2D eigenvalue weighted by atomic mass is 35.5. The summed E-state index contributed by atoms with van der Waals surface area (Å²) < 4.78 is 10.2. The number of ether oxygens (including phenoxy) is 2. The van der Waals surface area contributed by atoms with E-state index in [1.165, 1.54) is 0 Å². The van der Waals surface area contributed by atoms with Gasteiger partial charge in [-0.05, 0) is 30.7 Å². The van der Waals surface area contributed by atoms with Crippen LogP contribution in [0.4, 0.5) is 0 Å². The van der Waals surface area contributed by atoms with E-state index in [1.54, 1.807) is 41.2 Å². The highest BCUT2D eigenvalue weighted by molar-refractivity contribution is 6.30. The molecule has 0 atom stereocenters. The summed E-state index contributed by atoms with van der Waals surface area (Å²) in [4.78, 5) is 28.2. The molecule has 2 amide bonds. The smallest absolute Gasteiger partial charge is 0.253 e. The molecule has 0 aliphatic carbocycles. The lowest BCUT2D eigenvalue weighted by molar-refractivity contribution is -0.136. The van der Waals surface area contributed by atoms with Crippen molar-refractivity contribution in [2.45, 2.75) is 6.42 Å². The molecule has 1 aromatic carbocycles. The van der Waals surface area contributed by atoms with Gasteiger partial charge >= 0.3 is 0 Å². The molecule has 1 fully saturated rings. The normalized spacial score (nSPS) is 15.2. The first-order valence-corrected chi connectivity index (χ1v) is 8.39. The average molecular weight is 355 g/mol. The second-order valence-corrected chi connectivity index (χ2v) is 6.02. The van der Waals surface area contributed by atoms with E-state index in [4.69, 9.17) is 21.1 Å². The molecular weight excluding hydrogens is 332 g/mol. The van der Waals surface area contributed by atoms with Gasteiger partial charge in [-0.25, -0.2) is 0 Å². The number of amides is 2. The molecule has 1 aliphatic heterocycles. The minimum absolute atomic E-state index is 0.0303. The fraction of sp³-hybridized carbons (Fsp3) is 0.529. The molecule has 24 heavy (non-hydrogen) atoms. The first-order valence-electron chi connectivity index (χ1n) is 8.01. The van der Waals surface area contributed by atoms with Crippen LogP contribution in [0.2, 0.25) is 5.02 Å². The predicted molar refractivity (Wildman–Crippen MR) is 91.2 cm³/mol. The standard InChI is InChI=1S/C17H23ClN2O4/c1-23-11-12-24-13-16(21)19-7-2-8-20(10-9-19)17(22)14-3-5-15(18)6-4-14/h3-6H,2,7-13H2,1H3. The van der Waals surface area contributed by atoms with Gasteiger partial charge in [0.25, 0.3) is 5.91 Å². The van der Waals surface area contributed by atoms with Crippen molar-refractivity contribution in [2.75, 3.05) is 53.1 Å². The summed E-state index contributed by atoms with van der Waals surface area (Å²) in [6.07, 6.45) is 0.753. The van der Waals surface area contributed by atoms with Gasteiger partial charge in [0.15, 0.2) is 0 Å². The Kier molecular flexibility index (Phi) is 7.49.